The molecule has 1 fully saturated rings. The van der Waals surface area contributed by atoms with Crippen molar-refractivity contribution in [3.63, 3.8) is 0 Å². The van der Waals surface area contributed by atoms with E-state index in [1.165, 1.54) is 6.42 Å². The molecule has 0 saturated heterocycles. The number of hydrogen-bond acceptors (Lipinski definition) is 3. The van der Waals surface area contributed by atoms with E-state index in [4.69, 9.17) is 16.3 Å². The van der Waals surface area contributed by atoms with Crippen molar-refractivity contribution in [3.05, 3.63) is 23.0 Å². The van der Waals surface area contributed by atoms with Crippen molar-refractivity contribution in [1.29, 1.82) is 0 Å². The molecule has 0 amide bonds. The summed E-state index contributed by atoms with van der Waals surface area (Å²) in [5, 5.41) is 8.22. The van der Waals surface area contributed by atoms with Gasteiger partial charge in [0.2, 0.25) is 0 Å². The fourth-order valence-electron chi connectivity index (χ4n) is 2.27. The largest absolute Gasteiger partial charge is 0.372 e. The molecule has 0 aliphatic heterocycles. The van der Waals surface area contributed by atoms with Crippen LogP contribution in [-0.4, -0.2) is 16.3 Å². The zero-order valence-electron chi connectivity index (χ0n) is 10.4. The molecule has 2 rings (SSSR count). The monoisotopic (exact) mass is 254 g/mol. The summed E-state index contributed by atoms with van der Waals surface area (Å²) in [4.78, 5) is 0. The number of aromatic nitrogens is 2. The topological polar surface area (TPSA) is 35.0 Å². The molecule has 3 unspecified atom stereocenters. The number of halogens is 1. The first-order valence-electron chi connectivity index (χ1n) is 6.25. The highest BCUT2D eigenvalue weighted by atomic mass is 35.5. The smallest absolute Gasteiger partial charge is 0.151 e. The van der Waals surface area contributed by atoms with Crippen LogP contribution in [0.2, 0.25) is 5.15 Å². The summed E-state index contributed by atoms with van der Waals surface area (Å²) in [5.41, 5.74) is 0.848. The molecule has 0 aromatic carbocycles. The Morgan fingerprint density at radius 2 is 2.06 bits per heavy atom. The summed E-state index contributed by atoms with van der Waals surface area (Å²) >= 11 is 5.68. The molecule has 4 heteroatoms. The number of rotatable bonds is 3. The standard InChI is InChI=1S/C13H19ClN2O/c1-9-3-5-12(7-10(9)2)17-8-11-4-6-13(14)16-15-11/h4,6,9-10,12H,3,5,7-8H2,1-2H3. The van der Waals surface area contributed by atoms with E-state index in [1.54, 1.807) is 6.07 Å². The van der Waals surface area contributed by atoms with Crippen LogP contribution >= 0.6 is 11.6 Å². The van der Waals surface area contributed by atoms with E-state index in [0.717, 1.165) is 30.4 Å². The molecule has 0 bridgehead atoms. The normalized spacial score (nSPS) is 29.2. The second-order valence-electron chi connectivity index (χ2n) is 5.05. The SMILES string of the molecule is CC1CCC(OCc2ccc(Cl)nn2)CC1C. The van der Waals surface area contributed by atoms with Gasteiger partial charge in [-0.2, -0.15) is 5.10 Å². The molecule has 1 aliphatic carbocycles. The van der Waals surface area contributed by atoms with Crippen LogP contribution in [0.15, 0.2) is 12.1 Å². The molecular formula is C13H19ClN2O. The van der Waals surface area contributed by atoms with E-state index >= 15 is 0 Å². The third-order valence-corrected chi connectivity index (χ3v) is 3.91. The second kappa shape index (κ2) is 5.78. The van der Waals surface area contributed by atoms with Crippen molar-refractivity contribution >= 4 is 11.6 Å². The number of hydrogen-bond donors (Lipinski definition) is 0. The maximum atomic E-state index is 5.88. The van der Waals surface area contributed by atoms with Gasteiger partial charge in [0, 0.05) is 0 Å². The quantitative estimate of drug-likeness (QED) is 0.829. The zero-order chi connectivity index (χ0) is 12.3. The first-order chi connectivity index (χ1) is 8.15. The van der Waals surface area contributed by atoms with Gasteiger partial charge in [-0.15, -0.1) is 5.10 Å². The molecule has 3 nitrogen and oxygen atoms in total. The average Bonchev–Trinajstić information content (AvgIpc) is 2.33. The third-order valence-electron chi connectivity index (χ3n) is 3.70. The summed E-state index contributed by atoms with van der Waals surface area (Å²) in [6, 6.07) is 3.61. The lowest BCUT2D eigenvalue weighted by Gasteiger charge is -2.31. The third kappa shape index (κ3) is 3.65. The molecule has 0 radical (unpaired) electrons. The molecule has 1 aromatic heterocycles. The van der Waals surface area contributed by atoms with Crippen LogP contribution in [0.25, 0.3) is 0 Å². The first-order valence-corrected chi connectivity index (χ1v) is 6.62. The van der Waals surface area contributed by atoms with E-state index < -0.39 is 0 Å². The average molecular weight is 255 g/mol. The minimum atomic E-state index is 0.374. The van der Waals surface area contributed by atoms with Gasteiger partial charge in [0.1, 0.15) is 0 Å². The van der Waals surface area contributed by atoms with Gasteiger partial charge in [0.25, 0.3) is 0 Å². The minimum absolute atomic E-state index is 0.374. The second-order valence-corrected chi connectivity index (χ2v) is 5.44. The molecule has 94 valence electrons. The van der Waals surface area contributed by atoms with Crippen molar-refractivity contribution in [2.75, 3.05) is 0 Å². The van der Waals surface area contributed by atoms with Crippen LogP contribution in [0.1, 0.15) is 38.8 Å². The van der Waals surface area contributed by atoms with Crippen LogP contribution in [0.3, 0.4) is 0 Å². The molecule has 0 spiro atoms. The number of ether oxygens (including phenoxy) is 1. The van der Waals surface area contributed by atoms with Gasteiger partial charge >= 0.3 is 0 Å². The molecule has 0 N–H and O–H groups in total. The Morgan fingerprint density at radius 3 is 2.71 bits per heavy atom. The predicted octanol–water partition coefficient (Wildman–Crippen LogP) is 3.47. The van der Waals surface area contributed by atoms with Crippen molar-refractivity contribution in [1.82, 2.24) is 10.2 Å². The summed E-state index contributed by atoms with van der Waals surface area (Å²) in [6.45, 7) is 5.17. The van der Waals surface area contributed by atoms with E-state index in [1.807, 2.05) is 6.07 Å². The Bertz CT molecular complexity index is 355. The van der Waals surface area contributed by atoms with Gasteiger partial charge in [-0.05, 0) is 43.2 Å². The molecule has 17 heavy (non-hydrogen) atoms. The van der Waals surface area contributed by atoms with Crippen LogP contribution in [0.5, 0.6) is 0 Å². The van der Waals surface area contributed by atoms with Crippen LogP contribution in [0, 0.1) is 11.8 Å². The van der Waals surface area contributed by atoms with E-state index in [9.17, 15) is 0 Å². The fourth-order valence-corrected chi connectivity index (χ4v) is 2.37. The van der Waals surface area contributed by atoms with Crippen LogP contribution < -0.4 is 0 Å². The molecule has 1 heterocycles. The van der Waals surface area contributed by atoms with Gasteiger partial charge in [-0.1, -0.05) is 25.4 Å². The van der Waals surface area contributed by atoms with Gasteiger partial charge < -0.3 is 4.74 Å². The first kappa shape index (κ1) is 12.8. The maximum absolute atomic E-state index is 5.88. The highest BCUT2D eigenvalue weighted by Crippen LogP contribution is 2.31. The summed E-state index contributed by atoms with van der Waals surface area (Å²) in [6.07, 6.45) is 3.95. The lowest BCUT2D eigenvalue weighted by atomic mass is 9.80. The Hall–Kier alpha value is -0.670. The molecule has 1 aromatic rings. The Labute approximate surface area is 108 Å². The van der Waals surface area contributed by atoms with Gasteiger partial charge in [-0.25, -0.2) is 0 Å². The Balaban J connectivity index is 1.80. The molecule has 3 atom stereocenters. The van der Waals surface area contributed by atoms with Gasteiger partial charge in [0.05, 0.1) is 18.4 Å². The van der Waals surface area contributed by atoms with Gasteiger partial charge in [0.15, 0.2) is 5.15 Å². The van der Waals surface area contributed by atoms with Crippen molar-refractivity contribution < 1.29 is 4.74 Å². The summed E-state index contributed by atoms with van der Waals surface area (Å²) in [5.74, 6) is 1.58. The van der Waals surface area contributed by atoms with Crippen LogP contribution in [0.4, 0.5) is 0 Å². The predicted molar refractivity (Wildman–Crippen MR) is 67.8 cm³/mol. The van der Waals surface area contributed by atoms with E-state index in [0.29, 0.717) is 17.9 Å². The van der Waals surface area contributed by atoms with Crippen molar-refractivity contribution in [3.8, 4) is 0 Å². The highest BCUT2D eigenvalue weighted by molar-refractivity contribution is 6.29. The van der Waals surface area contributed by atoms with E-state index in [2.05, 4.69) is 24.0 Å². The minimum Gasteiger partial charge on any atom is -0.372 e. The van der Waals surface area contributed by atoms with Crippen molar-refractivity contribution in [2.45, 2.75) is 45.8 Å². The Morgan fingerprint density at radius 1 is 1.24 bits per heavy atom. The fraction of sp³-hybridized carbons (Fsp3) is 0.692. The number of nitrogens with zero attached hydrogens (tertiary/aromatic N) is 2. The zero-order valence-corrected chi connectivity index (χ0v) is 11.2. The highest BCUT2D eigenvalue weighted by Gasteiger charge is 2.24. The summed E-state index contributed by atoms with van der Waals surface area (Å²) in [7, 11) is 0. The van der Waals surface area contributed by atoms with E-state index in [-0.39, 0.29) is 0 Å². The van der Waals surface area contributed by atoms with Gasteiger partial charge in [-0.3, -0.25) is 0 Å². The Kier molecular flexibility index (Phi) is 4.35. The molecule has 1 saturated carbocycles. The maximum Gasteiger partial charge on any atom is 0.151 e. The van der Waals surface area contributed by atoms with Crippen LogP contribution in [-0.2, 0) is 11.3 Å². The molecule has 1 aliphatic rings. The lowest BCUT2D eigenvalue weighted by molar-refractivity contribution is -0.00901. The lowest BCUT2D eigenvalue weighted by Crippen LogP contribution is -2.26. The summed E-state index contributed by atoms with van der Waals surface area (Å²) < 4.78 is 5.88. The molecular weight excluding hydrogens is 236 g/mol. The van der Waals surface area contributed by atoms with Crippen molar-refractivity contribution in [2.24, 2.45) is 11.8 Å².